The van der Waals surface area contributed by atoms with Gasteiger partial charge in [0, 0.05) is 18.9 Å². The molecule has 0 aromatic heterocycles. The van der Waals surface area contributed by atoms with E-state index in [1.54, 1.807) is 0 Å². The molecule has 0 saturated heterocycles. The summed E-state index contributed by atoms with van der Waals surface area (Å²) in [5.41, 5.74) is 0.960. The van der Waals surface area contributed by atoms with Crippen molar-refractivity contribution in [2.75, 3.05) is 6.61 Å². The summed E-state index contributed by atoms with van der Waals surface area (Å²) < 4.78 is 5.26. The van der Waals surface area contributed by atoms with Gasteiger partial charge in [-0.2, -0.15) is 0 Å². The van der Waals surface area contributed by atoms with Gasteiger partial charge in [0.25, 0.3) is 0 Å². The number of alkyl carbamates (subject to hydrolysis) is 1. The number of hydrogen-bond acceptors (Lipinski definition) is 5. The summed E-state index contributed by atoms with van der Waals surface area (Å²) in [4.78, 5) is 22.4. The van der Waals surface area contributed by atoms with Gasteiger partial charge in [-0.1, -0.05) is 42.5 Å². The van der Waals surface area contributed by atoms with Crippen LogP contribution in [0.4, 0.5) is 4.79 Å². The second-order valence-electron chi connectivity index (χ2n) is 7.13. The minimum atomic E-state index is -0.814. The molecule has 0 heterocycles. The Balaban J connectivity index is 1.75. The Kier molecular flexibility index (Phi) is 8.97. The number of aliphatic carboxylic acids is 1. The number of hydrogen-bond donors (Lipinski definition) is 4. The molecule has 1 amide bonds. The summed E-state index contributed by atoms with van der Waals surface area (Å²) in [5, 5.41) is 31.7. The van der Waals surface area contributed by atoms with Crippen LogP contribution >= 0.6 is 0 Å². The quantitative estimate of drug-likeness (QED) is 0.360. The third kappa shape index (κ3) is 7.32. The van der Waals surface area contributed by atoms with Crippen molar-refractivity contribution in [3.63, 3.8) is 0 Å². The van der Waals surface area contributed by atoms with Gasteiger partial charge in [0.2, 0.25) is 0 Å². The smallest absolute Gasteiger partial charge is 0.407 e. The first-order chi connectivity index (χ1) is 13.5. The van der Waals surface area contributed by atoms with E-state index in [0.717, 1.165) is 5.56 Å². The van der Waals surface area contributed by atoms with E-state index in [9.17, 15) is 19.8 Å². The van der Waals surface area contributed by atoms with Crippen LogP contribution in [0.1, 0.15) is 37.7 Å². The molecule has 1 aliphatic rings. The average molecular weight is 391 g/mol. The molecule has 1 saturated carbocycles. The van der Waals surface area contributed by atoms with Crippen LogP contribution < -0.4 is 5.32 Å². The van der Waals surface area contributed by atoms with E-state index in [0.29, 0.717) is 25.8 Å². The van der Waals surface area contributed by atoms with E-state index in [2.05, 4.69) is 5.32 Å². The fourth-order valence-corrected chi connectivity index (χ4v) is 3.47. The van der Waals surface area contributed by atoms with Crippen molar-refractivity contribution < 1.29 is 29.6 Å². The number of aliphatic hydroxyl groups excluding tert-OH is 2. The summed E-state index contributed by atoms with van der Waals surface area (Å²) in [5.74, 6) is -1.35. The topological polar surface area (TPSA) is 116 Å². The summed E-state index contributed by atoms with van der Waals surface area (Å²) in [6.45, 7) is 0.397. The number of nitrogens with one attached hydrogen (secondary N) is 1. The molecule has 4 atom stereocenters. The summed E-state index contributed by atoms with van der Waals surface area (Å²) >= 11 is 0. The molecule has 1 fully saturated rings. The number of carboxylic acid groups (broad SMARTS) is 1. The predicted molar refractivity (Wildman–Crippen MR) is 103 cm³/mol. The lowest BCUT2D eigenvalue weighted by Gasteiger charge is -2.22. The van der Waals surface area contributed by atoms with E-state index in [1.165, 1.54) is 0 Å². The van der Waals surface area contributed by atoms with Crippen molar-refractivity contribution in [2.24, 2.45) is 11.8 Å². The third-order valence-electron chi connectivity index (χ3n) is 5.04. The van der Waals surface area contributed by atoms with E-state index in [-0.39, 0.29) is 31.3 Å². The fraction of sp³-hybridized carbons (Fsp3) is 0.524. The normalized spacial score (nSPS) is 24.4. The molecular formula is C21H29NO6. The van der Waals surface area contributed by atoms with Crippen molar-refractivity contribution in [2.45, 2.75) is 50.9 Å². The molecule has 154 valence electrons. The zero-order chi connectivity index (χ0) is 20.4. The van der Waals surface area contributed by atoms with Crippen LogP contribution in [0.3, 0.4) is 0 Å². The highest BCUT2D eigenvalue weighted by atomic mass is 16.5. The maximum atomic E-state index is 11.9. The number of allylic oxidation sites excluding steroid dienone is 2. The molecule has 0 aliphatic heterocycles. The fourth-order valence-electron chi connectivity index (χ4n) is 3.47. The van der Waals surface area contributed by atoms with Crippen molar-refractivity contribution in [3.05, 3.63) is 48.0 Å². The Morgan fingerprint density at radius 2 is 1.82 bits per heavy atom. The number of rotatable bonds is 10. The zero-order valence-corrected chi connectivity index (χ0v) is 15.9. The first kappa shape index (κ1) is 21.9. The highest BCUT2D eigenvalue weighted by Gasteiger charge is 2.41. The average Bonchev–Trinajstić information content (AvgIpc) is 2.94. The van der Waals surface area contributed by atoms with Gasteiger partial charge in [-0.3, -0.25) is 4.79 Å². The molecule has 1 aliphatic carbocycles. The molecule has 2 rings (SSSR count). The second kappa shape index (κ2) is 11.5. The second-order valence-corrected chi connectivity index (χ2v) is 7.13. The Bertz CT molecular complexity index is 648. The molecule has 7 heteroatoms. The van der Waals surface area contributed by atoms with Crippen molar-refractivity contribution in [3.8, 4) is 0 Å². The van der Waals surface area contributed by atoms with E-state index in [1.807, 2.05) is 42.5 Å². The summed E-state index contributed by atoms with van der Waals surface area (Å²) in [7, 11) is 0. The zero-order valence-electron chi connectivity index (χ0n) is 15.9. The maximum absolute atomic E-state index is 11.9. The van der Waals surface area contributed by atoms with Gasteiger partial charge in [0.05, 0.1) is 18.8 Å². The Morgan fingerprint density at radius 3 is 2.54 bits per heavy atom. The van der Waals surface area contributed by atoms with Crippen LogP contribution in [0.15, 0.2) is 42.5 Å². The summed E-state index contributed by atoms with van der Waals surface area (Å²) in [6.07, 6.45) is 4.02. The number of carbonyl (C=O) groups is 2. The Hall–Kier alpha value is -2.38. The first-order valence-electron chi connectivity index (χ1n) is 9.65. The Morgan fingerprint density at radius 1 is 1.11 bits per heavy atom. The van der Waals surface area contributed by atoms with Crippen LogP contribution in [-0.2, 0) is 16.1 Å². The van der Waals surface area contributed by atoms with Crippen LogP contribution in [-0.4, -0.2) is 46.2 Å². The minimum absolute atomic E-state index is 0.0381. The lowest BCUT2D eigenvalue weighted by molar-refractivity contribution is -0.137. The SMILES string of the molecule is O=C(O)CCC/C=C\CC1[C@@H](COC(=O)NCc2ccccc2)[C@H](O)C[C@@H]1O. The largest absolute Gasteiger partial charge is 0.481 e. The molecular weight excluding hydrogens is 362 g/mol. The number of carboxylic acids is 1. The van der Waals surface area contributed by atoms with Gasteiger partial charge in [-0.15, -0.1) is 0 Å². The number of benzene rings is 1. The minimum Gasteiger partial charge on any atom is -0.481 e. The lowest BCUT2D eigenvalue weighted by Crippen LogP contribution is -2.31. The van der Waals surface area contributed by atoms with Gasteiger partial charge >= 0.3 is 12.1 Å². The standard InChI is InChI=1S/C21H29NO6/c23-18-12-19(24)17(16(18)10-6-1-2-7-11-20(25)26)14-28-21(27)22-13-15-8-4-3-5-9-15/h1,3-6,8-9,16-19,23-24H,2,7,10-14H2,(H,22,27)(H,25,26)/b6-1-/t16?,17-,18+,19-/m1/s1. The van der Waals surface area contributed by atoms with Crippen molar-refractivity contribution in [1.82, 2.24) is 5.32 Å². The molecule has 0 bridgehead atoms. The number of ether oxygens (including phenoxy) is 1. The van der Waals surface area contributed by atoms with Crippen LogP contribution in [0.5, 0.6) is 0 Å². The number of amides is 1. The van der Waals surface area contributed by atoms with Gasteiger partial charge in [-0.05, 0) is 37.2 Å². The maximum Gasteiger partial charge on any atom is 0.407 e. The number of unbranched alkanes of at least 4 members (excludes halogenated alkanes) is 1. The predicted octanol–water partition coefficient (Wildman–Crippen LogP) is 2.47. The molecule has 28 heavy (non-hydrogen) atoms. The van der Waals surface area contributed by atoms with Crippen molar-refractivity contribution in [1.29, 1.82) is 0 Å². The molecule has 1 unspecified atom stereocenters. The molecule has 1 aromatic carbocycles. The van der Waals surface area contributed by atoms with E-state index < -0.39 is 24.3 Å². The molecule has 0 spiro atoms. The first-order valence-corrected chi connectivity index (χ1v) is 9.65. The number of aliphatic hydroxyl groups is 2. The van der Waals surface area contributed by atoms with Gasteiger partial charge in [-0.25, -0.2) is 4.79 Å². The van der Waals surface area contributed by atoms with Crippen LogP contribution in [0.2, 0.25) is 0 Å². The van der Waals surface area contributed by atoms with Crippen LogP contribution in [0, 0.1) is 11.8 Å². The number of carbonyl (C=O) groups excluding carboxylic acids is 1. The highest BCUT2D eigenvalue weighted by Crippen LogP contribution is 2.35. The van der Waals surface area contributed by atoms with E-state index >= 15 is 0 Å². The van der Waals surface area contributed by atoms with Gasteiger partial charge in [0.15, 0.2) is 0 Å². The monoisotopic (exact) mass is 391 g/mol. The van der Waals surface area contributed by atoms with Gasteiger partial charge < -0.3 is 25.4 Å². The van der Waals surface area contributed by atoms with Crippen molar-refractivity contribution >= 4 is 12.1 Å². The molecule has 0 radical (unpaired) electrons. The Labute approximate surface area is 165 Å². The third-order valence-corrected chi connectivity index (χ3v) is 5.04. The lowest BCUT2D eigenvalue weighted by atomic mass is 9.91. The van der Waals surface area contributed by atoms with E-state index in [4.69, 9.17) is 9.84 Å². The van der Waals surface area contributed by atoms with Gasteiger partial charge in [0.1, 0.15) is 0 Å². The molecule has 4 N–H and O–H groups in total. The van der Waals surface area contributed by atoms with Crippen LogP contribution in [0.25, 0.3) is 0 Å². The molecule has 7 nitrogen and oxygen atoms in total. The molecule has 1 aromatic rings. The summed E-state index contributed by atoms with van der Waals surface area (Å²) in [6, 6.07) is 9.47. The highest BCUT2D eigenvalue weighted by molar-refractivity contribution is 5.67.